The molecule has 2 fully saturated rings. The van der Waals surface area contributed by atoms with Gasteiger partial charge in [-0.15, -0.1) is 0 Å². The van der Waals surface area contributed by atoms with Gasteiger partial charge in [0.05, 0.1) is 6.10 Å². The van der Waals surface area contributed by atoms with E-state index >= 15 is 0 Å². The minimum Gasteiger partial charge on any atom is -0.435 e. The second-order valence-corrected chi connectivity index (χ2v) is 5.12. The number of alkyl halides is 1. The van der Waals surface area contributed by atoms with Crippen molar-refractivity contribution in [1.82, 2.24) is 0 Å². The molecule has 0 N–H and O–H groups in total. The predicted molar refractivity (Wildman–Crippen MR) is 59.1 cm³/mol. The minimum atomic E-state index is -0.705. The molecule has 16 heavy (non-hydrogen) atoms. The summed E-state index contributed by atoms with van der Waals surface area (Å²) in [6.45, 7) is 3.05. The summed E-state index contributed by atoms with van der Waals surface area (Å²) in [5, 5.41) is 0. The van der Waals surface area contributed by atoms with Gasteiger partial charge in [0, 0.05) is 6.92 Å². The van der Waals surface area contributed by atoms with Gasteiger partial charge < -0.3 is 18.9 Å². The van der Waals surface area contributed by atoms with Gasteiger partial charge in [-0.1, -0.05) is 22.6 Å². The summed E-state index contributed by atoms with van der Waals surface area (Å²) < 4.78 is 20.2. The number of rotatable bonds is 1. The summed E-state index contributed by atoms with van der Waals surface area (Å²) in [7, 11) is 0. The first-order valence-corrected chi connectivity index (χ1v) is 6.07. The zero-order chi connectivity index (χ0) is 11.9. The third-order valence-corrected chi connectivity index (χ3v) is 3.75. The monoisotopic (exact) mass is 342 g/mol. The van der Waals surface area contributed by atoms with Crippen LogP contribution in [-0.2, 0) is 23.7 Å². The van der Waals surface area contributed by atoms with Crippen molar-refractivity contribution in [3.8, 4) is 0 Å². The highest BCUT2D eigenvalue weighted by atomic mass is 127. The van der Waals surface area contributed by atoms with Crippen LogP contribution in [0.1, 0.15) is 13.8 Å². The molecule has 0 amide bonds. The Labute approximate surface area is 106 Å². The van der Waals surface area contributed by atoms with Crippen LogP contribution < -0.4 is 0 Å². The summed E-state index contributed by atoms with van der Waals surface area (Å²) in [6, 6.07) is 0. The molecule has 0 saturated carbocycles. The molecule has 5 atom stereocenters. The maximum atomic E-state index is 11.0. The van der Waals surface area contributed by atoms with Gasteiger partial charge in [-0.05, 0) is 6.92 Å². The zero-order valence-electron chi connectivity index (χ0n) is 8.71. The molecule has 0 unspecified atom stereocenters. The highest BCUT2D eigenvalue weighted by molar-refractivity contribution is 14.1. The first-order chi connectivity index (χ1) is 7.49. The lowest BCUT2D eigenvalue weighted by Gasteiger charge is -2.36. The van der Waals surface area contributed by atoms with Crippen molar-refractivity contribution < 1.29 is 28.5 Å². The highest BCUT2D eigenvalue weighted by Crippen LogP contribution is 2.35. The molecule has 2 saturated heterocycles. The Balaban J connectivity index is 2.11. The molecule has 0 bridgehead atoms. The third kappa shape index (κ3) is 2.10. The molecule has 0 spiro atoms. The van der Waals surface area contributed by atoms with Crippen molar-refractivity contribution in [3.05, 3.63) is 0 Å². The molecular weight excluding hydrogens is 331 g/mol. The molecule has 7 heteroatoms. The van der Waals surface area contributed by atoms with Crippen LogP contribution in [-0.4, -0.2) is 40.7 Å². The molecule has 90 valence electrons. The standard InChI is InChI=1S/C9H11IO6/c1-3-6-7(16-9(12)15-6)5(10)8(13-3)14-4(2)11/h3,5-8H,1-2H3/t3-,5-,6+,7-,8+/m1/s1. The first kappa shape index (κ1) is 11.9. The van der Waals surface area contributed by atoms with Crippen LogP contribution in [0.3, 0.4) is 0 Å². The number of carbonyl (C=O) groups is 2. The van der Waals surface area contributed by atoms with Gasteiger partial charge in [0.2, 0.25) is 6.29 Å². The normalized spacial score (nSPS) is 41.9. The van der Waals surface area contributed by atoms with E-state index in [-0.39, 0.29) is 10.0 Å². The lowest BCUT2D eigenvalue weighted by atomic mass is 10.0. The lowest BCUT2D eigenvalue weighted by Crippen LogP contribution is -2.53. The maximum absolute atomic E-state index is 11.0. The third-order valence-electron chi connectivity index (χ3n) is 2.46. The van der Waals surface area contributed by atoms with E-state index in [9.17, 15) is 9.59 Å². The second-order valence-electron chi connectivity index (χ2n) is 3.68. The predicted octanol–water partition coefficient (Wildman–Crippen LogP) is 1.00. The van der Waals surface area contributed by atoms with Gasteiger partial charge in [-0.25, -0.2) is 4.79 Å². The molecule has 0 aromatic rings. The molecule has 2 aliphatic heterocycles. The van der Waals surface area contributed by atoms with E-state index in [2.05, 4.69) is 0 Å². The fourth-order valence-corrected chi connectivity index (χ4v) is 2.64. The lowest BCUT2D eigenvalue weighted by molar-refractivity contribution is -0.216. The number of hydrogen-bond donors (Lipinski definition) is 0. The number of esters is 1. The van der Waals surface area contributed by atoms with E-state index in [1.54, 1.807) is 6.92 Å². The second kappa shape index (κ2) is 4.36. The molecule has 0 aliphatic carbocycles. The Morgan fingerprint density at radius 3 is 2.62 bits per heavy atom. The summed E-state index contributed by atoms with van der Waals surface area (Å²) >= 11 is 2.03. The van der Waals surface area contributed by atoms with Gasteiger partial charge in [-0.3, -0.25) is 4.79 Å². The maximum Gasteiger partial charge on any atom is 0.509 e. The van der Waals surface area contributed by atoms with Gasteiger partial charge in [0.1, 0.15) is 3.92 Å². The van der Waals surface area contributed by atoms with Crippen LogP contribution in [0.2, 0.25) is 0 Å². The van der Waals surface area contributed by atoms with E-state index in [0.29, 0.717) is 0 Å². The quantitative estimate of drug-likeness (QED) is 0.402. The number of ether oxygens (including phenoxy) is 4. The number of carbonyl (C=O) groups excluding carboxylic acids is 2. The fraction of sp³-hybridized carbons (Fsp3) is 0.778. The Bertz CT molecular complexity index is 319. The average molecular weight is 342 g/mol. The molecule has 0 radical (unpaired) electrons. The molecular formula is C9H11IO6. The van der Waals surface area contributed by atoms with Gasteiger partial charge in [0.15, 0.2) is 12.2 Å². The van der Waals surface area contributed by atoms with Crippen molar-refractivity contribution in [2.24, 2.45) is 0 Å². The minimum absolute atomic E-state index is 0.269. The number of halogens is 1. The van der Waals surface area contributed by atoms with Crippen LogP contribution in [0.15, 0.2) is 0 Å². The van der Waals surface area contributed by atoms with Gasteiger partial charge in [-0.2, -0.15) is 0 Å². The number of fused-ring (bicyclic) bond motifs is 1. The molecule has 2 rings (SSSR count). The van der Waals surface area contributed by atoms with Crippen LogP contribution in [0.25, 0.3) is 0 Å². The summed E-state index contributed by atoms with van der Waals surface area (Å²) in [4.78, 5) is 21.9. The van der Waals surface area contributed by atoms with Crippen molar-refractivity contribution in [2.45, 2.75) is 42.4 Å². The van der Waals surface area contributed by atoms with E-state index in [1.165, 1.54) is 6.92 Å². The fourth-order valence-electron chi connectivity index (χ4n) is 1.77. The van der Waals surface area contributed by atoms with Crippen LogP contribution in [0.4, 0.5) is 4.79 Å². The molecule has 0 aromatic heterocycles. The molecule has 6 nitrogen and oxygen atoms in total. The Hall–Kier alpha value is -0.570. The summed E-state index contributed by atoms with van der Waals surface area (Å²) in [6.07, 6.45) is -2.62. The van der Waals surface area contributed by atoms with Crippen molar-refractivity contribution in [3.63, 3.8) is 0 Å². The van der Waals surface area contributed by atoms with Crippen molar-refractivity contribution >= 4 is 34.7 Å². The Morgan fingerprint density at radius 1 is 1.38 bits per heavy atom. The zero-order valence-corrected chi connectivity index (χ0v) is 10.9. The molecule has 2 aliphatic rings. The van der Waals surface area contributed by atoms with Crippen molar-refractivity contribution in [2.75, 3.05) is 0 Å². The highest BCUT2D eigenvalue weighted by Gasteiger charge is 2.53. The SMILES string of the molecule is CC(=O)O[C@@H]1O[C@H](C)[C@@H]2OC(=O)O[C@@H]2[C@H]1I. The largest absolute Gasteiger partial charge is 0.509 e. The van der Waals surface area contributed by atoms with E-state index in [1.807, 2.05) is 22.6 Å². The topological polar surface area (TPSA) is 71.1 Å². The average Bonchev–Trinajstić information content (AvgIpc) is 2.56. The first-order valence-electron chi connectivity index (χ1n) is 4.83. The Morgan fingerprint density at radius 2 is 2.00 bits per heavy atom. The van der Waals surface area contributed by atoms with Crippen LogP contribution in [0.5, 0.6) is 0 Å². The van der Waals surface area contributed by atoms with Crippen molar-refractivity contribution in [1.29, 1.82) is 0 Å². The summed E-state index contributed by atoms with van der Waals surface area (Å²) in [5.74, 6) is -0.428. The number of hydrogen-bond acceptors (Lipinski definition) is 6. The van der Waals surface area contributed by atoms with E-state index in [0.717, 1.165) is 0 Å². The van der Waals surface area contributed by atoms with E-state index < -0.39 is 30.6 Å². The van der Waals surface area contributed by atoms with Gasteiger partial charge >= 0.3 is 12.1 Å². The van der Waals surface area contributed by atoms with Crippen LogP contribution in [0, 0.1) is 0 Å². The van der Waals surface area contributed by atoms with Gasteiger partial charge in [0.25, 0.3) is 0 Å². The summed E-state index contributed by atoms with van der Waals surface area (Å²) in [5.41, 5.74) is 0. The van der Waals surface area contributed by atoms with Crippen LogP contribution >= 0.6 is 22.6 Å². The van der Waals surface area contributed by atoms with E-state index in [4.69, 9.17) is 18.9 Å². The smallest absolute Gasteiger partial charge is 0.435 e. The molecule has 2 heterocycles. The molecule has 0 aromatic carbocycles. The Kier molecular flexibility index (Phi) is 3.24.